The minimum absolute atomic E-state index is 0.180. The molecule has 0 amide bonds. The van der Waals surface area contributed by atoms with Crippen molar-refractivity contribution >= 4 is 218 Å². The van der Waals surface area contributed by atoms with Crippen LogP contribution in [0.2, 0.25) is 20.1 Å². The molecule has 0 unspecified atom stereocenters. The fourth-order valence-electron chi connectivity index (χ4n) is 18.3. The number of halogens is 4. The van der Waals surface area contributed by atoms with Crippen LogP contribution in [0.3, 0.4) is 0 Å². The van der Waals surface area contributed by atoms with E-state index in [4.69, 9.17) is 94.5 Å². The maximum atomic E-state index is 14.8. The molecule has 0 saturated carbocycles. The second kappa shape index (κ2) is 48.2. The van der Waals surface area contributed by atoms with Gasteiger partial charge in [-0.15, -0.1) is 45.3 Å². The third-order valence-electron chi connectivity index (χ3n) is 25.2. The highest BCUT2D eigenvalue weighted by molar-refractivity contribution is 7.58. The summed E-state index contributed by atoms with van der Waals surface area (Å²) >= 11 is 38.0. The van der Waals surface area contributed by atoms with E-state index < -0.39 is 0 Å². The number of hydrogen-bond acceptors (Lipinski definition) is 18. The number of hydrogen-bond donors (Lipinski definition) is 0. The Hall–Kier alpha value is -7.62. The lowest BCUT2D eigenvalue weighted by Crippen LogP contribution is -1.96. The molecule has 0 bridgehead atoms. The SMILES string of the molecule is [C-]#[N+]C([N+]#[C-])=C1/C(=C/c2sc(-c3c4c(c(-c5cc(CCCCCCCCCCCC)c(-c6sc(-c7c8c(c(-c9cc(CCCCCCCCCCCC)c(/C=C%10\C(=O)c%11cc(Cl)c(Cl)cc%11C%10=C(C#N)C#N)s9)c9nsnc79)N=S=N8)cc6CCCCCCCCCCCC)s5)c5nsnc35)N=S=N4)cc2CCCCCCCCCCCC)C(=O)c2cc(Cl)c(Cl)cc21. The van der Waals surface area contributed by atoms with Crippen molar-refractivity contribution in [3.05, 3.63) is 168 Å². The lowest BCUT2D eigenvalue weighted by Gasteiger charge is -2.09. The van der Waals surface area contributed by atoms with E-state index in [0.717, 1.165) is 197 Å². The number of Topliss-reactive ketones (excluding diaryl/α,β-unsaturated/α-hetero) is 2. The average molecular weight is 1930 g/mol. The lowest BCUT2D eigenvalue weighted by molar-refractivity contribution is 0.103. The van der Waals surface area contributed by atoms with E-state index >= 15 is 0 Å². The van der Waals surface area contributed by atoms with Gasteiger partial charge in [-0.1, -0.05) is 305 Å². The van der Waals surface area contributed by atoms with E-state index in [1.807, 2.05) is 34.8 Å². The highest BCUT2D eigenvalue weighted by Crippen LogP contribution is 2.60. The number of allylic oxidation sites excluding steroid dienone is 5. The quantitative estimate of drug-likeness (QED) is 0.0156. The van der Waals surface area contributed by atoms with Crippen molar-refractivity contribution in [2.24, 2.45) is 17.5 Å². The molecule has 2 aliphatic heterocycles. The third kappa shape index (κ3) is 22.6. The minimum atomic E-state index is -0.330. The van der Waals surface area contributed by atoms with Gasteiger partial charge in [0.15, 0.2) is 11.6 Å². The first kappa shape index (κ1) is 96.4. The zero-order chi connectivity index (χ0) is 89.4. The molecule has 0 fully saturated rings. The molecule has 14 nitrogen and oxygen atoms in total. The first-order chi connectivity index (χ1) is 62.8. The fraction of sp³-hybridized carbons (Fsp3) is 0.471. The Balaban J connectivity index is 0.869. The van der Waals surface area contributed by atoms with E-state index in [1.165, 1.54) is 260 Å². The molecule has 0 saturated heterocycles. The average Bonchev–Trinajstić information content (AvgIpc) is 1.57. The number of benzene rings is 4. The van der Waals surface area contributed by atoms with Gasteiger partial charge in [0.1, 0.15) is 75.7 Å². The molecule has 6 aromatic heterocycles. The van der Waals surface area contributed by atoms with Crippen molar-refractivity contribution in [1.82, 2.24) is 17.5 Å². The number of unbranched alkanes of at least 4 members (excludes halogenated alkanes) is 36. The largest absolute Gasteiger partial charge is 0.528 e. The van der Waals surface area contributed by atoms with E-state index in [0.29, 0.717) is 22.3 Å². The van der Waals surface area contributed by atoms with Crippen molar-refractivity contribution in [3.63, 3.8) is 0 Å². The standard InChI is InChI=1S/C102H110Cl4N12O2S8/c1-7-11-15-19-23-27-31-35-39-43-47-63-51-80(121-78(63)59-72-84(67(61-107)62-108)68-55-74(103)76(105)57-70(68)98(72)119)86-90-94(115-125-111-90)88(95-91(86)112-126-116-95)82-53-65(49-45-41-37-33-29-25-21-17-13-9-3)100(123-82)101-66(50-46-42-38-34-30-26-22-18-14-10-4)54-83(124-101)89-96-92(113-127-117-96)87(93-97(89)118-128-114-93)81-52-64(48-44-40-36-32-28-24-20-16-12-8-2)79(122-81)60-73-85(102(109-5)110-6)69-56-75(104)77(106)58-71(69)99(73)120/h51-60H,7-50H2,1-4H3/b72-59-,73-60-. The van der Waals surface area contributed by atoms with Gasteiger partial charge >= 0.3 is 5.82 Å². The second-order valence-corrected chi connectivity index (χ2v) is 42.3. The monoisotopic (exact) mass is 1930 g/mol. The molecule has 0 N–H and O–H groups in total. The Bertz CT molecular complexity index is 5820. The smallest absolute Gasteiger partial charge is 0.289 e. The number of aromatic nitrogens is 4. The summed E-state index contributed by atoms with van der Waals surface area (Å²) in [6.45, 7) is 25.4. The molecule has 8 heterocycles. The van der Waals surface area contributed by atoms with E-state index in [2.05, 4.69) is 73.8 Å². The van der Waals surface area contributed by atoms with Crippen LogP contribution in [0.25, 0.3) is 107 Å². The maximum absolute atomic E-state index is 14.8. The molecule has 4 aliphatic rings. The molecular weight excluding hydrogens is 1820 g/mol. The van der Waals surface area contributed by atoms with Gasteiger partial charge in [-0.3, -0.25) is 9.59 Å². The lowest BCUT2D eigenvalue weighted by atomic mass is 9.97. The Morgan fingerprint density at radius 1 is 0.352 bits per heavy atom. The molecule has 0 radical (unpaired) electrons. The Morgan fingerprint density at radius 3 is 0.906 bits per heavy atom. The third-order valence-corrected chi connectivity index (χ3v) is 33.6. The molecule has 4 aromatic carbocycles. The Kier molecular flexibility index (Phi) is 36.3. The van der Waals surface area contributed by atoms with E-state index in [1.54, 1.807) is 46.9 Å². The zero-order valence-corrected chi connectivity index (χ0v) is 83.4. The number of nitrogens with zero attached hydrogens (tertiary/aromatic N) is 12. The summed E-state index contributed by atoms with van der Waals surface area (Å²) < 4.78 is 41.9. The van der Waals surface area contributed by atoms with Gasteiger partial charge in [-0.2, -0.15) is 55.2 Å². The van der Waals surface area contributed by atoms with Gasteiger partial charge in [0.2, 0.25) is 0 Å². The predicted octanol–water partition coefficient (Wildman–Crippen LogP) is 37.1. The number of nitriles is 2. The number of carbonyl (C=O) groups excluding carboxylic acids is 2. The van der Waals surface area contributed by atoms with Gasteiger partial charge < -0.3 is 0 Å². The molecule has 0 spiro atoms. The van der Waals surface area contributed by atoms with Crippen LogP contribution in [0.15, 0.2) is 88.5 Å². The van der Waals surface area contributed by atoms with Crippen molar-refractivity contribution < 1.29 is 9.59 Å². The number of aryl methyl sites for hydroxylation is 4. The molecule has 26 heteroatoms. The molecule has 2 aliphatic carbocycles. The topological polar surface area (TPSA) is 191 Å². The number of fused-ring (bicyclic) bond motifs is 6. The number of thiophene rings is 4. The van der Waals surface area contributed by atoms with Crippen molar-refractivity contribution in [2.45, 2.75) is 310 Å². The Morgan fingerprint density at radius 2 is 0.609 bits per heavy atom. The summed E-state index contributed by atoms with van der Waals surface area (Å²) in [6, 6.07) is 19.8. The molecule has 14 rings (SSSR count). The van der Waals surface area contributed by atoms with Crippen molar-refractivity contribution in [3.8, 4) is 63.7 Å². The van der Waals surface area contributed by atoms with Crippen LogP contribution in [0.1, 0.15) is 348 Å². The highest BCUT2D eigenvalue weighted by Gasteiger charge is 2.40. The first-order valence-electron chi connectivity index (χ1n) is 46.7. The number of ketones is 2. The van der Waals surface area contributed by atoms with Gasteiger partial charge in [0, 0.05) is 89.1 Å². The second-order valence-electron chi connectivity index (χ2n) is 34.3. The van der Waals surface area contributed by atoms with Crippen molar-refractivity contribution in [1.29, 1.82) is 10.5 Å². The van der Waals surface area contributed by atoms with Gasteiger partial charge in [0.25, 0.3) is 0 Å². The fourth-order valence-corrected chi connectivity index (χ4v) is 26.3. The first-order valence-corrected chi connectivity index (χ1v) is 54.4. The molecule has 10 aromatic rings. The molecule has 666 valence electrons. The van der Waals surface area contributed by atoms with Gasteiger partial charge in [-0.25, -0.2) is 0 Å². The Labute approximate surface area is 807 Å². The molecule has 0 atom stereocenters. The summed E-state index contributed by atoms with van der Waals surface area (Å²) in [4.78, 5) is 45.0. The normalized spacial score (nSPS) is 13.7. The minimum Gasteiger partial charge on any atom is -0.289 e. The van der Waals surface area contributed by atoms with Crippen LogP contribution in [0.4, 0.5) is 22.7 Å². The molecule has 128 heavy (non-hydrogen) atoms. The van der Waals surface area contributed by atoms with Crippen LogP contribution < -0.4 is 0 Å². The summed E-state index contributed by atoms with van der Waals surface area (Å²) in [6.07, 6.45) is 55.3. The summed E-state index contributed by atoms with van der Waals surface area (Å²) in [5.74, 6) is -0.855. The van der Waals surface area contributed by atoms with Crippen LogP contribution >= 0.6 is 115 Å². The number of rotatable bonds is 51. The number of carbonyl (C=O) groups is 2. The van der Waals surface area contributed by atoms with E-state index in [9.17, 15) is 20.1 Å². The summed E-state index contributed by atoms with van der Waals surface area (Å²) in [5, 5.41) is 21.9. The maximum Gasteiger partial charge on any atom is 0.528 e. The van der Waals surface area contributed by atoms with Crippen molar-refractivity contribution in [2.75, 3.05) is 0 Å². The van der Waals surface area contributed by atoms with Gasteiger partial charge in [-0.05, 0) is 145 Å². The summed E-state index contributed by atoms with van der Waals surface area (Å²) in [5.41, 5.74) is 16.4. The predicted molar refractivity (Wildman–Crippen MR) is 548 cm³/mol. The molecular formula is C102H110Cl4N12O2S8. The van der Waals surface area contributed by atoms with Crippen LogP contribution in [0.5, 0.6) is 0 Å². The highest BCUT2D eigenvalue weighted by atomic mass is 35.5. The van der Waals surface area contributed by atoms with Gasteiger partial charge in [0.05, 0.1) is 71.8 Å². The summed E-state index contributed by atoms with van der Waals surface area (Å²) in [7, 11) is 0. The van der Waals surface area contributed by atoms with E-state index in [-0.39, 0.29) is 65.3 Å². The zero-order valence-electron chi connectivity index (χ0n) is 73.8. The van der Waals surface area contributed by atoms with Crippen LogP contribution in [0, 0.1) is 35.8 Å². The van der Waals surface area contributed by atoms with Crippen LogP contribution in [-0.4, -0.2) is 29.1 Å². The van der Waals surface area contributed by atoms with Crippen LogP contribution in [-0.2, 0) is 48.4 Å².